The van der Waals surface area contributed by atoms with Gasteiger partial charge in [0.25, 0.3) is 0 Å². The number of aromatic nitrogens is 1. The summed E-state index contributed by atoms with van der Waals surface area (Å²) in [7, 11) is 0. The minimum absolute atomic E-state index is 0.0175. The maximum atomic E-state index is 11.4. The molecule has 1 heterocycles. The third-order valence-corrected chi connectivity index (χ3v) is 2.20. The van der Waals surface area contributed by atoms with Gasteiger partial charge in [0.2, 0.25) is 0 Å². The summed E-state index contributed by atoms with van der Waals surface area (Å²) in [6.45, 7) is 3.27. The quantitative estimate of drug-likeness (QED) is 0.424. The van der Waals surface area contributed by atoms with E-state index in [4.69, 9.17) is 3.79 Å². The highest BCUT2D eigenvalue weighted by molar-refractivity contribution is 6.20. The van der Waals surface area contributed by atoms with E-state index in [1.165, 1.54) is 6.92 Å². The first kappa shape index (κ1) is 11.0. The van der Waals surface area contributed by atoms with Gasteiger partial charge in [-0.1, -0.05) is 0 Å². The highest BCUT2D eigenvalue weighted by atomic mass is 27.1. The van der Waals surface area contributed by atoms with Crippen molar-refractivity contribution in [2.24, 2.45) is 0 Å². The summed E-state index contributed by atoms with van der Waals surface area (Å²) in [6, 6.07) is 3.56. The number of carbonyl (C=O) groups excluding carboxylic acids is 1. The molecule has 0 aliphatic carbocycles. The molecule has 0 aromatic carbocycles. The Kier molecular flexibility index (Phi) is 3.87. The van der Waals surface area contributed by atoms with Gasteiger partial charge in [-0.25, -0.2) is 0 Å². The molecular formula is C10H10AlNO2. The third kappa shape index (κ3) is 2.44. The second kappa shape index (κ2) is 4.94. The van der Waals surface area contributed by atoms with E-state index in [-0.39, 0.29) is 5.78 Å². The Morgan fingerprint density at radius 1 is 1.36 bits per heavy atom. The van der Waals surface area contributed by atoms with Gasteiger partial charge in [0.15, 0.2) is 5.78 Å². The van der Waals surface area contributed by atoms with Crippen molar-refractivity contribution in [1.82, 2.24) is 4.98 Å². The van der Waals surface area contributed by atoms with Crippen LogP contribution in [-0.2, 0) is 8.58 Å². The van der Waals surface area contributed by atoms with Crippen LogP contribution in [0, 0.1) is 0 Å². The SMILES string of the molecule is CC(=O)/C(=C(/C)[O][Al])c1ccncc1. The molecule has 0 saturated heterocycles. The standard InChI is InChI=1S/C10H11NO2.Al/c1-7(12)10(8(2)13)9-3-5-11-6-4-9;/h3-6,12H,1-2H3;/q;+1/p-1/b10-7+;. The van der Waals surface area contributed by atoms with E-state index < -0.39 is 0 Å². The number of allylic oxidation sites excluding steroid dienone is 2. The Bertz CT molecular complexity index is 360. The Hall–Kier alpha value is -1.11. The molecule has 1 aromatic rings. The van der Waals surface area contributed by atoms with E-state index >= 15 is 0 Å². The van der Waals surface area contributed by atoms with Crippen molar-refractivity contribution in [2.45, 2.75) is 13.8 Å². The zero-order valence-electron chi connectivity index (χ0n) is 8.15. The fourth-order valence-electron chi connectivity index (χ4n) is 1.23. The summed E-state index contributed by atoms with van der Waals surface area (Å²) < 4.78 is 4.98. The van der Waals surface area contributed by atoms with Crippen LogP contribution < -0.4 is 0 Å². The van der Waals surface area contributed by atoms with Crippen LogP contribution in [0.25, 0.3) is 5.57 Å². The van der Waals surface area contributed by atoms with Crippen molar-refractivity contribution in [1.29, 1.82) is 0 Å². The van der Waals surface area contributed by atoms with Crippen molar-refractivity contribution >= 4 is 28.0 Å². The lowest BCUT2D eigenvalue weighted by atomic mass is 10.0. The van der Waals surface area contributed by atoms with E-state index in [9.17, 15) is 4.79 Å². The van der Waals surface area contributed by atoms with Crippen molar-refractivity contribution in [3.8, 4) is 0 Å². The molecule has 14 heavy (non-hydrogen) atoms. The second-order valence-electron chi connectivity index (χ2n) is 2.84. The number of carbonyl (C=O) groups is 1. The van der Waals surface area contributed by atoms with E-state index in [0.29, 0.717) is 11.3 Å². The van der Waals surface area contributed by atoms with Gasteiger partial charge in [0.1, 0.15) is 0 Å². The molecule has 0 atom stereocenters. The summed E-state index contributed by atoms with van der Waals surface area (Å²) >= 11 is 2.13. The molecule has 0 fully saturated rings. The van der Waals surface area contributed by atoms with Crippen LogP contribution in [0.2, 0.25) is 0 Å². The molecule has 2 radical (unpaired) electrons. The van der Waals surface area contributed by atoms with Crippen LogP contribution in [0.4, 0.5) is 0 Å². The Morgan fingerprint density at radius 3 is 2.36 bits per heavy atom. The van der Waals surface area contributed by atoms with E-state index in [1.807, 2.05) is 0 Å². The van der Waals surface area contributed by atoms with Crippen LogP contribution >= 0.6 is 0 Å². The lowest BCUT2D eigenvalue weighted by molar-refractivity contribution is -0.111. The molecule has 70 valence electrons. The minimum Gasteiger partial charge on any atom is -0.656 e. The van der Waals surface area contributed by atoms with Gasteiger partial charge < -0.3 is 3.79 Å². The van der Waals surface area contributed by atoms with Gasteiger partial charge in [-0.15, -0.1) is 0 Å². The predicted octanol–water partition coefficient (Wildman–Crippen LogP) is 1.50. The van der Waals surface area contributed by atoms with Gasteiger partial charge in [-0.2, -0.15) is 0 Å². The summed E-state index contributed by atoms with van der Waals surface area (Å²) in [5.74, 6) is 0.574. The van der Waals surface area contributed by atoms with E-state index in [1.54, 1.807) is 31.5 Å². The molecule has 4 heteroatoms. The lowest BCUT2D eigenvalue weighted by Crippen LogP contribution is -2.01. The summed E-state index contributed by atoms with van der Waals surface area (Å²) in [6.07, 6.45) is 3.29. The van der Waals surface area contributed by atoms with Crippen molar-refractivity contribution in [3.63, 3.8) is 0 Å². The van der Waals surface area contributed by atoms with E-state index in [2.05, 4.69) is 21.6 Å². The number of hydrogen-bond donors (Lipinski definition) is 0. The Balaban J connectivity index is 3.21. The molecule has 0 aliphatic rings. The molecular weight excluding hydrogens is 193 g/mol. The first-order chi connectivity index (χ1) is 6.66. The largest absolute Gasteiger partial charge is 0.656 e. The number of ketones is 1. The summed E-state index contributed by atoms with van der Waals surface area (Å²) in [5.41, 5.74) is 1.41. The number of pyridine rings is 1. The van der Waals surface area contributed by atoms with E-state index in [0.717, 1.165) is 5.56 Å². The maximum Gasteiger partial charge on any atom is 0.481 e. The first-order valence-corrected chi connectivity index (χ1v) is 4.63. The minimum atomic E-state index is -0.0175. The Labute approximate surface area is 91.6 Å². The number of nitrogens with zero attached hydrogens (tertiary/aromatic N) is 1. The average Bonchev–Trinajstić information content (AvgIpc) is 2.19. The average molecular weight is 203 g/mol. The second-order valence-corrected chi connectivity index (χ2v) is 3.08. The highest BCUT2D eigenvalue weighted by Gasteiger charge is 2.10. The molecule has 0 N–H and O–H groups in total. The maximum absolute atomic E-state index is 11.4. The van der Waals surface area contributed by atoms with Crippen molar-refractivity contribution in [3.05, 3.63) is 35.8 Å². The van der Waals surface area contributed by atoms with Crippen LogP contribution in [0.1, 0.15) is 19.4 Å². The van der Waals surface area contributed by atoms with Crippen LogP contribution in [0.3, 0.4) is 0 Å². The molecule has 3 nitrogen and oxygen atoms in total. The van der Waals surface area contributed by atoms with Gasteiger partial charge in [-0.05, 0) is 31.5 Å². The van der Waals surface area contributed by atoms with Gasteiger partial charge in [0, 0.05) is 12.4 Å². The highest BCUT2D eigenvalue weighted by Crippen LogP contribution is 2.18. The van der Waals surface area contributed by atoms with Gasteiger partial charge in [-0.3, -0.25) is 9.78 Å². The molecule has 0 aliphatic heterocycles. The molecule has 0 spiro atoms. The molecule has 0 saturated carbocycles. The van der Waals surface area contributed by atoms with Crippen molar-refractivity contribution in [2.75, 3.05) is 0 Å². The monoisotopic (exact) mass is 203 g/mol. The smallest absolute Gasteiger partial charge is 0.481 e. The fraction of sp³-hybridized carbons (Fsp3) is 0.200. The molecule has 1 rings (SSSR count). The third-order valence-electron chi connectivity index (χ3n) is 1.85. The number of rotatable bonds is 3. The normalized spacial score (nSPS) is 11.9. The zero-order valence-corrected chi connectivity index (χ0v) is 9.31. The molecule has 0 unspecified atom stereocenters. The van der Waals surface area contributed by atoms with Crippen molar-refractivity contribution < 1.29 is 8.58 Å². The number of Topliss-reactive ketones (excluding diaryl/α,β-unsaturated/α-hetero) is 1. The predicted molar refractivity (Wildman–Crippen MR) is 54.4 cm³/mol. The first-order valence-electron chi connectivity index (χ1n) is 4.15. The van der Waals surface area contributed by atoms with Gasteiger partial charge in [0.05, 0.1) is 11.3 Å². The van der Waals surface area contributed by atoms with Gasteiger partial charge >= 0.3 is 16.6 Å². The Morgan fingerprint density at radius 2 is 1.93 bits per heavy atom. The van der Waals surface area contributed by atoms with Crippen LogP contribution in [0.15, 0.2) is 30.3 Å². The molecule has 0 bridgehead atoms. The van der Waals surface area contributed by atoms with Crippen LogP contribution in [0.5, 0.6) is 0 Å². The molecule has 1 aromatic heterocycles. The summed E-state index contributed by atoms with van der Waals surface area (Å²) in [5, 5.41) is 0. The fourth-order valence-corrected chi connectivity index (χ4v) is 1.35. The number of hydrogen-bond acceptors (Lipinski definition) is 3. The summed E-state index contributed by atoms with van der Waals surface area (Å²) in [4.78, 5) is 15.3. The topological polar surface area (TPSA) is 39.2 Å². The van der Waals surface area contributed by atoms with Crippen LogP contribution in [-0.4, -0.2) is 27.4 Å². The lowest BCUT2D eigenvalue weighted by Gasteiger charge is -2.09. The molecule has 0 amide bonds. The zero-order chi connectivity index (χ0) is 10.6.